The van der Waals surface area contributed by atoms with Gasteiger partial charge in [0.25, 0.3) is 0 Å². The van der Waals surface area contributed by atoms with Crippen molar-refractivity contribution < 1.29 is 45.3 Å². The van der Waals surface area contributed by atoms with Gasteiger partial charge in [0, 0.05) is 0 Å². The molecule has 1 aromatic rings. The Morgan fingerprint density at radius 1 is 0.783 bits per heavy atom. The van der Waals surface area contributed by atoms with Crippen LogP contribution >= 0.6 is 13.4 Å². The van der Waals surface area contributed by atoms with Crippen molar-refractivity contribution in [2.24, 2.45) is 0 Å². The number of hydrogen-bond donors (Lipinski definition) is 6. The van der Waals surface area contributed by atoms with Crippen LogP contribution in [0.3, 0.4) is 0 Å². The van der Waals surface area contributed by atoms with Gasteiger partial charge in [-0.25, -0.2) is 0 Å². The second-order valence-corrected chi connectivity index (χ2v) is 18.3. The molecule has 0 heterocycles. The quantitative estimate of drug-likeness (QED) is 0.294. The van der Waals surface area contributed by atoms with E-state index in [2.05, 4.69) is 67.8 Å². The average Bonchev–Trinajstić information content (AvgIpc) is 2.36. The van der Waals surface area contributed by atoms with E-state index >= 15 is 0 Å². The fraction of sp³-hybridized carbons (Fsp3) is 0.500. The van der Waals surface area contributed by atoms with Crippen molar-refractivity contribution in [2.75, 3.05) is 0 Å². The molecule has 0 radical (unpaired) electrons. The first-order chi connectivity index (χ1) is 10.4. The van der Waals surface area contributed by atoms with Crippen molar-refractivity contribution in [3.8, 4) is 0 Å². The van der Waals surface area contributed by atoms with Crippen LogP contribution in [0, 0.1) is 0 Å². The molecule has 0 bridgehead atoms. The van der Waals surface area contributed by atoms with Crippen molar-refractivity contribution in [3.05, 3.63) is 30.3 Å². The second-order valence-electron chi connectivity index (χ2n) is 5.07. The van der Waals surface area contributed by atoms with Crippen LogP contribution in [-0.2, 0) is 39.6 Å². The van der Waals surface area contributed by atoms with E-state index in [0.717, 1.165) is 0 Å². The summed E-state index contributed by atoms with van der Waals surface area (Å²) in [5, 5.41) is 3.08. The van der Waals surface area contributed by atoms with Crippen molar-refractivity contribution in [3.63, 3.8) is 0 Å². The molecule has 0 atom stereocenters. The molecule has 133 valence electrons. The molecule has 0 spiro atoms. The second kappa shape index (κ2) is 14.1. The minimum atomic E-state index is -3.81. The molecule has 0 aromatic heterocycles. The molecule has 6 nitrogen and oxygen atoms in total. The van der Waals surface area contributed by atoms with Crippen molar-refractivity contribution >= 4 is 41.2 Å². The predicted molar refractivity (Wildman–Crippen MR) is 98.2 cm³/mol. The Bertz CT molecular complexity index is 451. The van der Waals surface area contributed by atoms with Crippen LogP contribution in [0.5, 0.6) is 0 Å². The maximum Gasteiger partial charge on any atom is 0.319 e. The normalized spacial score (nSPS) is 10.8. The van der Waals surface area contributed by atoms with Crippen molar-refractivity contribution in [1.82, 2.24) is 0 Å². The summed E-state index contributed by atoms with van der Waals surface area (Å²) in [4.78, 5) is 45.3. The summed E-state index contributed by atoms with van der Waals surface area (Å²) in [7, 11) is 0. The largest absolute Gasteiger partial charge is 0.325 e. The summed E-state index contributed by atoms with van der Waals surface area (Å²) in [6, 6.07) is 11.2. The van der Waals surface area contributed by atoms with Crippen molar-refractivity contribution in [1.29, 1.82) is 0 Å². The molecular weight excluding hydrogens is 432 g/mol. The van der Waals surface area contributed by atoms with Gasteiger partial charge in [0.15, 0.2) is 0 Å². The Morgan fingerprint density at radius 2 is 1.09 bits per heavy atom. The zero-order valence-electron chi connectivity index (χ0n) is 13.3. The predicted octanol–water partition coefficient (Wildman–Crippen LogP) is 1.96. The Labute approximate surface area is 153 Å². The van der Waals surface area contributed by atoms with Crippen LogP contribution in [-0.4, -0.2) is 29.4 Å². The van der Waals surface area contributed by atoms with E-state index in [1.54, 1.807) is 4.16 Å². The van der Waals surface area contributed by atoms with Gasteiger partial charge < -0.3 is 29.4 Å². The molecule has 0 saturated carbocycles. The zero-order chi connectivity index (χ0) is 18.5. The van der Waals surface area contributed by atoms with Crippen LogP contribution in [0.15, 0.2) is 30.3 Å². The summed E-state index contributed by atoms with van der Waals surface area (Å²) in [6.45, 7) is -2.97. The molecule has 0 amide bonds. The molecular formula is C12H25O6P2S2Zn. The van der Waals surface area contributed by atoms with Gasteiger partial charge in [0.05, 0.1) is 0 Å². The molecule has 1 rings (SSSR count). The standard InChI is InChI=1S/C6H5.2C3H7.2H3O3PS.Zn/c1-2-4-6-5-3-1;2*1-3-2;2*1-4(2,3)5;/h1-5H;2*1,3H2,2H3;2*(H3,1,2,3,5);. The number of hydrogen-bond acceptors (Lipinski definition) is 2. The van der Waals surface area contributed by atoms with Gasteiger partial charge in [-0.3, -0.25) is 0 Å². The van der Waals surface area contributed by atoms with Gasteiger partial charge in [0.2, 0.25) is 0 Å². The van der Waals surface area contributed by atoms with Crippen LogP contribution < -0.4 is 4.16 Å². The summed E-state index contributed by atoms with van der Waals surface area (Å²) >= 11 is 5.93. The van der Waals surface area contributed by atoms with E-state index in [1.165, 1.54) is 22.9 Å². The molecule has 0 aliphatic carbocycles. The topological polar surface area (TPSA) is 121 Å². The van der Waals surface area contributed by atoms with Crippen LogP contribution in [0.2, 0.25) is 10.0 Å². The fourth-order valence-corrected chi connectivity index (χ4v) is 10.3. The zero-order valence-corrected chi connectivity index (χ0v) is 19.7. The minimum Gasteiger partial charge on any atom is -0.325 e. The summed E-state index contributed by atoms with van der Waals surface area (Å²) in [6.07, 6.45) is 2.77. The van der Waals surface area contributed by atoms with Crippen LogP contribution in [0.25, 0.3) is 0 Å². The molecule has 0 saturated heterocycles. The van der Waals surface area contributed by atoms with E-state index in [4.69, 9.17) is 29.4 Å². The van der Waals surface area contributed by atoms with Gasteiger partial charge in [-0.1, -0.05) is 0 Å². The Balaban J connectivity index is 0. The van der Waals surface area contributed by atoms with Gasteiger partial charge >= 0.3 is 101 Å². The average molecular weight is 457 g/mol. The maximum atomic E-state index is 7.56. The molecule has 0 aliphatic heterocycles. The van der Waals surface area contributed by atoms with E-state index in [0.29, 0.717) is 0 Å². The van der Waals surface area contributed by atoms with Crippen LogP contribution in [0.1, 0.15) is 26.7 Å². The van der Waals surface area contributed by atoms with Gasteiger partial charge in [-0.2, -0.15) is 0 Å². The summed E-state index contributed by atoms with van der Waals surface area (Å²) < 4.78 is 1.73. The Kier molecular flexibility index (Phi) is 16.0. The fourth-order valence-electron chi connectivity index (χ4n) is 2.25. The Morgan fingerprint density at radius 3 is 1.35 bits per heavy atom. The molecule has 0 unspecified atom stereocenters. The van der Waals surface area contributed by atoms with Crippen molar-refractivity contribution in [2.45, 2.75) is 36.7 Å². The first kappa shape index (κ1) is 26.1. The van der Waals surface area contributed by atoms with E-state index < -0.39 is 29.4 Å². The van der Waals surface area contributed by atoms with Gasteiger partial charge in [0.1, 0.15) is 0 Å². The number of benzene rings is 1. The smallest absolute Gasteiger partial charge is 0.319 e. The van der Waals surface area contributed by atoms with Gasteiger partial charge in [-0.15, -0.1) is 0 Å². The molecule has 1 aromatic carbocycles. The monoisotopic (exact) mass is 455 g/mol. The molecule has 6 N–H and O–H groups in total. The number of rotatable bonds is 5. The first-order valence-electron chi connectivity index (χ1n) is 7.24. The third-order valence-corrected chi connectivity index (χ3v) is 12.9. The maximum absolute atomic E-state index is 7.56. The Hall–Kier alpha value is 0.903. The van der Waals surface area contributed by atoms with E-state index in [-0.39, 0.29) is 0 Å². The summed E-state index contributed by atoms with van der Waals surface area (Å²) in [5.41, 5.74) is 0. The molecule has 0 aliphatic rings. The molecule has 11 heteroatoms. The van der Waals surface area contributed by atoms with E-state index in [1.807, 2.05) is 0 Å². The molecule has 0 fully saturated rings. The minimum absolute atomic E-state index is 1.28. The third-order valence-electron chi connectivity index (χ3n) is 2.98. The first-order valence-corrected chi connectivity index (χ1v) is 18.2. The third kappa shape index (κ3) is 28.0. The SMILES string of the molecule is CC[CH2][Zn]([CH2]CC)[c]1ccccc1.OP(O)(O)=S.OP(O)(O)=S. The summed E-state index contributed by atoms with van der Waals surface area (Å²) in [5.74, 6) is 0. The molecule has 23 heavy (non-hydrogen) atoms. The van der Waals surface area contributed by atoms with Crippen LogP contribution in [0.4, 0.5) is 0 Å². The van der Waals surface area contributed by atoms with Gasteiger partial charge in [-0.05, 0) is 23.6 Å². The van der Waals surface area contributed by atoms with E-state index in [9.17, 15) is 0 Å².